The van der Waals surface area contributed by atoms with Crippen molar-refractivity contribution in [3.05, 3.63) is 60.2 Å². The largest absolute Gasteiger partial charge is 0.386 e. The predicted octanol–water partition coefficient (Wildman–Crippen LogP) is 0.789. The molecule has 3 atom stereocenters. The summed E-state index contributed by atoms with van der Waals surface area (Å²) in [5.41, 5.74) is 0.466. The number of amides is 2. The van der Waals surface area contributed by atoms with Gasteiger partial charge in [0.2, 0.25) is 5.91 Å². The summed E-state index contributed by atoms with van der Waals surface area (Å²) in [5.74, 6) is -1.19. The number of aliphatic hydroxyl groups excluding tert-OH is 2. The first-order valence-corrected chi connectivity index (χ1v) is 8.66. The van der Waals surface area contributed by atoms with Gasteiger partial charge in [-0.25, -0.2) is 4.98 Å². The van der Waals surface area contributed by atoms with Gasteiger partial charge in [0.25, 0.3) is 5.91 Å². The number of hydrogen-bond acceptors (Lipinski definition) is 6. The van der Waals surface area contributed by atoms with E-state index in [0.29, 0.717) is 12.0 Å². The third-order valence-electron chi connectivity index (χ3n) is 3.83. The predicted molar refractivity (Wildman–Crippen MR) is 98.3 cm³/mol. The lowest BCUT2D eigenvalue weighted by molar-refractivity contribution is -0.129. The van der Waals surface area contributed by atoms with Gasteiger partial charge < -0.3 is 20.8 Å². The van der Waals surface area contributed by atoms with Gasteiger partial charge in [0.15, 0.2) is 0 Å². The molecule has 4 N–H and O–H groups in total. The second-order valence-electron chi connectivity index (χ2n) is 6.55. The molecule has 0 saturated heterocycles. The molecule has 8 nitrogen and oxygen atoms in total. The van der Waals surface area contributed by atoms with Gasteiger partial charge in [0.1, 0.15) is 24.1 Å². The Morgan fingerprint density at radius 2 is 1.78 bits per heavy atom. The van der Waals surface area contributed by atoms with E-state index in [1.54, 1.807) is 30.3 Å². The topological polar surface area (TPSA) is 124 Å². The van der Waals surface area contributed by atoms with Crippen molar-refractivity contribution in [2.24, 2.45) is 5.92 Å². The monoisotopic (exact) mass is 372 g/mol. The molecule has 0 spiro atoms. The highest BCUT2D eigenvalue weighted by atomic mass is 16.3. The van der Waals surface area contributed by atoms with Gasteiger partial charge >= 0.3 is 0 Å². The number of rotatable bonds is 8. The van der Waals surface area contributed by atoms with E-state index >= 15 is 0 Å². The van der Waals surface area contributed by atoms with Gasteiger partial charge in [-0.3, -0.25) is 14.6 Å². The fraction of sp³-hybridized carbons (Fsp3) is 0.368. The zero-order chi connectivity index (χ0) is 19.8. The van der Waals surface area contributed by atoms with Crippen molar-refractivity contribution < 1.29 is 19.8 Å². The van der Waals surface area contributed by atoms with Crippen LogP contribution in [0.1, 0.15) is 42.4 Å². The SMILES string of the molecule is CC(C)C[C@H](O)NC(=O)[C@@H](NC(=O)c1cnccn1)C(O)c1ccccc1. The molecule has 0 radical (unpaired) electrons. The Balaban J connectivity index is 2.19. The maximum Gasteiger partial charge on any atom is 0.272 e. The Morgan fingerprint density at radius 3 is 2.37 bits per heavy atom. The average molecular weight is 372 g/mol. The molecule has 0 fully saturated rings. The highest BCUT2D eigenvalue weighted by Crippen LogP contribution is 2.17. The van der Waals surface area contributed by atoms with E-state index in [2.05, 4.69) is 20.6 Å². The Bertz CT molecular complexity index is 740. The summed E-state index contributed by atoms with van der Waals surface area (Å²) >= 11 is 0. The molecule has 27 heavy (non-hydrogen) atoms. The minimum absolute atomic E-state index is 0.0123. The summed E-state index contributed by atoms with van der Waals surface area (Å²) in [7, 11) is 0. The second-order valence-corrected chi connectivity index (χ2v) is 6.55. The summed E-state index contributed by atoms with van der Waals surface area (Å²) < 4.78 is 0. The number of carbonyl (C=O) groups excluding carboxylic acids is 2. The lowest BCUT2D eigenvalue weighted by atomic mass is 10.0. The quantitative estimate of drug-likeness (QED) is 0.508. The number of aromatic nitrogens is 2. The fourth-order valence-corrected chi connectivity index (χ4v) is 2.52. The second kappa shape index (κ2) is 9.75. The summed E-state index contributed by atoms with van der Waals surface area (Å²) in [5, 5.41) is 25.5. The molecule has 144 valence electrons. The number of benzene rings is 1. The van der Waals surface area contributed by atoms with Crippen LogP contribution in [0.4, 0.5) is 0 Å². The number of nitrogens with one attached hydrogen (secondary N) is 2. The summed E-state index contributed by atoms with van der Waals surface area (Å²) in [4.78, 5) is 32.7. The van der Waals surface area contributed by atoms with Crippen molar-refractivity contribution >= 4 is 11.8 Å². The molecule has 8 heteroatoms. The zero-order valence-electron chi connectivity index (χ0n) is 15.2. The van der Waals surface area contributed by atoms with Crippen LogP contribution in [-0.4, -0.2) is 44.3 Å². The number of carbonyl (C=O) groups is 2. The zero-order valence-corrected chi connectivity index (χ0v) is 15.2. The molecule has 0 bridgehead atoms. The average Bonchev–Trinajstić information content (AvgIpc) is 2.66. The van der Waals surface area contributed by atoms with Crippen LogP contribution in [0, 0.1) is 5.92 Å². The molecule has 0 aliphatic heterocycles. The maximum atomic E-state index is 12.6. The van der Waals surface area contributed by atoms with Crippen molar-refractivity contribution in [1.82, 2.24) is 20.6 Å². The van der Waals surface area contributed by atoms with Crippen molar-refractivity contribution in [3.8, 4) is 0 Å². The van der Waals surface area contributed by atoms with E-state index in [9.17, 15) is 19.8 Å². The van der Waals surface area contributed by atoms with Crippen LogP contribution < -0.4 is 10.6 Å². The molecular formula is C19H24N4O4. The van der Waals surface area contributed by atoms with Crippen LogP contribution in [0.2, 0.25) is 0 Å². The van der Waals surface area contributed by atoms with Crippen LogP contribution >= 0.6 is 0 Å². The molecule has 1 heterocycles. The molecule has 2 rings (SSSR count). The minimum atomic E-state index is -1.32. The van der Waals surface area contributed by atoms with Gasteiger partial charge in [-0.05, 0) is 17.9 Å². The number of nitrogens with zero attached hydrogens (tertiary/aromatic N) is 2. The maximum absolute atomic E-state index is 12.6. The Labute approximate surface area is 157 Å². The van der Waals surface area contributed by atoms with Gasteiger partial charge in [-0.15, -0.1) is 0 Å². The van der Waals surface area contributed by atoms with Crippen LogP contribution in [0.3, 0.4) is 0 Å². The van der Waals surface area contributed by atoms with Crippen molar-refractivity contribution in [2.45, 2.75) is 38.6 Å². The first-order chi connectivity index (χ1) is 12.9. The number of aliphatic hydroxyl groups is 2. The smallest absolute Gasteiger partial charge is 0.272 e. The first-order valence-electron chi connectivity index (χ1n) is 8.66. The van der Waals surface area contributed by atoms with Crippen molar-refractivity contribution in [1.29, 1.82) is 0 Å². The number of hydrogen-bond donors (Lipinski definition) is 4. The first kappa shape index (κ1) is 20.5. The van der Waals surface area contributed by atoms with Gasteiger partial charge in [0, 0.05) is 12.4 Å². The summed E-state index contributed by atoms with van der Waals surface area (Å²) in [6, 6.07) is 7.17. The lowest BCUT2D eigenvalue weighted by Crippen LogP contribution is -2.52. The van der Waals surface area contributed by atoms with Crippen LogP contribution in [0.25, 0.3) is 0 Å². The molecule has 0 aliphatic rings. The molecule has 1 aromatic carbocycles. The molecule has 0 saturated carbocycles. The Morgan fingerprint density at radius 1 is 1.07 bits per heavy atom. The molecule has 2 aromatic rings. The molecule has 1 unspecified atom stereocenters. The Kier molecular flexibility index (Phi) is 7.39. The third-order valence-corrected chi connectivity index (χ3v) is 3.83. The summed E-state index contributed by atoms with van der Waals surface area (Å²) in [6.07, 6.45) is 1.98. The highest BCUT2D eigenvalue weighted by Gasteiger charge is 2.31. The van der Waals surface area contributed by atoms with E-state index in [4.69, 9.17) is 0 Å². The standard InChI is InChI=1S/C19H24N4O4/c1-12(2)10-15(24)22-19(27)16(17(25)13-6-4-3-5-7-13)23-18(26)14-11-20-8-9-21-14/h3-9,11-12,15-17,24-25H,10H2,1-2H3,(H,22,27)(H,23,26)/t15-,16-,17?/m0/s1. The van der Waals surface area contributed by atoms with Gasteiger partial charge in [-0.2, -0.15) is 0 Å². The van der Waals surface area contributed by atoms with E-state index in [1.165, 1.54) is 18.6 Å². The van der Waals surface area contributed by atoms with Gasteiger partial charge in [0.05, 0.1) is 6.20 Å². The molecule has 1 aromatic heterocycles. The summed E-state index contributed by atoms with van der Waals surface area (Å²) in [6.45, 7) is 3.81. The molecule has 0 aliphatic carbocycles. The van der Waals surface area contributed by atoms with E-state index in [-0.39, 0.29) is 11.6 Å². The third kappa shape index (κ3) is 6.12. The van der Waals surface area contributed by atoms with Gasteiger partial charge in [-0.1, -0.05) is 44.2 Å². The van der Waals surface area contributed by atoms with Crippen LogP contribution in [-0.2, 0) is 4.79 Å². The van der Waals surface area contributed by atoms with E-state index in [1.807, 2.05) is 13.8 Å². The van der Waals surface area contributed by atoms with Crippen molar-refractivity contribution in [2.75, 3.05) is 0 Å². The molecular weight excluding hydrogens is 348 g/mol. The lowest BCUT2D eigenvalue weighted by Gasteiger charge is -2.25. The van der Waals surface area contributed by atoms with E-state index in [0.717, 1.165) is 0 Å². The normalized spacial score (nSPS) is 14.3. The molecule has 2 amide bonds. The van der Waals surface area contributed by atoms with E-state index < -0.39 is 30.2 Å². The van der Waals surface area contributed by atoms with Crippen LogP contribution in [0.5, 0.6) is 0 Å². The van der Waals surface area contributed by atoms with Crippen molar-refractivity contribution in [3.63, 3.8) is 0 Å². The minimum Gasteiger partial charge on any atom is -0.386 e. The highest BCUT2D eigenvalue weighted by molar-refractivity contribution is 5.96. The van der Waals surface area contributed by atoms with Crippen LogP contribution in [0.15, 0.2) is 48.9 Å². The Hall–Kier alpha value is -2.84. The fourth-order valence-electron chi connectivity index (χ4n) is 2.52.